The Morgan fingerprint density at radius 3 is 2.37 bits per heavy atom. The lowest BCUT2D eigenvalue weighted by molar-refractivity contribution is -0.117. The molecule has 1 unspecified atom stereocenters. The molecule has 4 N–H and O–H groups in total. The van der Waals surface area contributed by atoms with E-state index in [1.807, 2.05) is 6.92 Å². The van der Waals surface area contributed by atoms with Crippen LogP contribution in [0.5, 0.6) is 0 Å². The molecular formula is C13H20ClN3O2. The molecule has 1 aromatic rings. The van der Waals surface area contributed by atoms with Gasteiger partial charge in [-0.25, -0.2) is 0 Å². The first kappa shape index (κ1) is 17.4. The molecule has 2 amide bonds. The van der Waals surface area contributed by atoms with Crippen molar-refractivity contribution in [3.05, 3.63) is 24.3 Å². The molecule has 0 heterocycles. The smallest absolute Gasteiger partial charge is 0.241 e. The van der Waals surface area contributed by atoms with E-state index < -0.39 is 6.04 Å². The number of carbonyl (C=O) groups is 2. The molecule has 1 rings (SSSR count). The minimum Gasteiger partial charge on any atom is -0.326 e. The number of benzene rings is 1. The predicted molar refractivity (Wildman–Crippen MR) is 79.5 cm³/mol. The third-order valence-electron chi connectivity index (χ3n) is 2.39. The average Bonchev–Trinajstić information content (AvgIpc) is 2.28. The van der Waals surface area contributed by atoms with Crippen molar-refractivity contribution in [3.8, 4) is 0 Å². The Balaban J connectivity index is 0.00000324. The number of rotatable bonds is 5. The number of hydrogen-bond donors (Lipinski definition) is 3. The van der Waals surface area contributed by atoms with Gasteiger partial charge in [0.1, 0.15) is 0 Å². The van der Waals surface area contributed by atoms with E-state index in [4.69, 9.17) is 5.73 Å². The Morgan fingerprint density at radius 1 is 1.26 bits per heavy atom. The predicted octanol–water partition coefficient (Wildman–Crippen LogP) is 2.13. The van der Waals surface area contributed by atoms with Crippen molar-refractivity contribution < 1.29 is 9.59 Å². The van der Waals surface area contributed by atoms with Gasteiger partial charge in [0.15, 0.2) is 0 Å². The van der Waals surface area contributed by atoms with Crippen molar-refractivity contribution >= 4 is 35.6 Å². The van der Waals surface area contributed by atoms with Crippen LogP contribution >= 0.6 is 12.4 Å². The first-order chi connectivity index (χ1) is 8.52. The average molecular weight is 286 g/mol. The second-order valence-corrected chi connectivity index (χ2v) is 4.15. The molecule has 0 saturated carbocycles. The first-order valence-electron chi connectivity index (χ1n) is 5.97. The molecule has 0 bridgehead atoms. The van der Waals surface area contributed by atoms with Gasteiger partial charge in [0.05, 0.1) is 6.04 Å². The summed E-state index contributed by atoms with van der Waals surface area (Å²) >= 11 is 0. The van der Waals surface area contributed by atoms with E-state index in [-0.39, 0.29) is 24.2 Å². The van der Waals surface area contributed by atoms with Crippen molar-refractivity contribution in [3.63, 3.8) is 0 Å². The van der Waals surface area contributed by atoms with Crippen LogP contribution in [0.25, 0.3) is 0 Å². The lowest BCUT2D eigenvalue weighted by Gasteiger charge is -2.12. The van der Waals surface area contributed by atoms with Crippen LogP contribution < -0.4 is 16.4 Å². The van der Waals surface area contributed by atoms with Gasteiger partial charge in [0.2, 0.25) is 11.8 Å². The van der Waals surface area contributed by atoms with Crippen molar-refractivity contribution in [1.82, 2.24) is 0 Å². The van der Waals surface area contributed by atoms with E-state index in [9.17, 15) is 9.59 Å². The van der Waals surface area contributed by atoms with Crippen LogP contribution in [-0.2, 0) is 9.59 Å². The highest BCUT2D eigenvalue weighted by Crippen LogP contribution is 2.15. The van der Waals surface area contributed by atoms with Gasteiger partial charge in [0, 0.05) is 18.3 Å². The van der Waals surface area contributed by atoms with Gasteiger partial charge in [-0.2, -0.15) is 0 Å². The quantitative estimate of drug-likeness (QED) is 0.775. The molecule has 1 atom stereocenters. The van der Waals surface area contributed by atoms with Gasteiger partial charge in [-0.15, -0.1) is 12.4 Å². The Hall–Kier alpha value is -1.59. The van der Waals surface area contributed by atoms with Crippen LogP contribution in [-0.4, -0.2) is 17.9 Å². The van der Waals surface area contributed by atoms with Crippen molar-refractivity contribution in [2.75, 3.05) is 10.6 Å². The molecule has 0 aliphatic carbocycles. The summed E-state index contributed by atoms with van der Waals surface area (Å²) in [7, 11) is 0. The fraction of sp³-hybridized carbons (Fsp3) is 0.385. The zero-order valence-electron chi connectivity index (χ0n) is 11.1. The summed E-state index contributed by atoms with van der Waals surface area (Å²) in [6.45, 7) is 3.41. The maximum absolute atomic E-state index is 11.7. The highest BCUT2D eigenvalue weighted by molar-refractivity contribution is 5.96. The molecule has 0 spiro atoms. The summed E-state index contributed by atoms with van der Waals surface area (Å²) in [4.78, 5) is 22.6. The monoisotopic (exact) mass is 285 g/mol. The number of nitrogens with two attached hydrogens (primary N) is 1. The van der Waals surface area contributed by atoms with Crippen LogP contribution in [0.4, 0.5) is 11.4 Å². The first-order valence-corrected chi connectivity index (χ1v) is 5.97. The number of anilines is 2. The standard InChI is InChI=1S/C13H19N3O2.ClH/c1-3-5-12(14)13(18)16-11-7-4-6-10(8-11)15-9(2)17;/h4,6-8,12H,3,5,14H2,1-2H3,(H,15,17)(H,16,18);1H. The van der Waals surface area contributed by atoms with Gasteiger partial charge in [-0.3, -0.25) is 9.59 Å². The third-order valence-corrected chi connectivity index (χ3v) is 2.39. The Morgan fingerprint density at radius 2 is 1.84 bits per heavy atom. The molecule has 0 aliphatic rings. The second kappa shape index (κ2) is 8.50. The van der Waals surface area contributed by atoms with Gasteiger partial charge in [-0.1, -0.05) is 19.4 Å². The zero-order valence-corrected chi connectivity index (χ0v) is 11.9. The Labute approximate surface area is 119 Å². The molecule has 0 saturated heterocycles. The normalized spacial score (nSPS) is 11.1. The van der Waals surface area contributed by atoms with E-state index in [0.29, 0.717) is 17.8 Å². The van der Waals surface area contributed by atoms with Crippen molar-refractivity contribution in [1.29, 1.82) is 0 Å². The van der Waals surface area contributed by atoms with E-state index in [0.717, 1.165) is 6.42 Å². The summed E-state index contributed by atoms with van der Waals surface area (Å²) in [6.07, 6.45) is 1.51. The highest BCUT2D eigenvalue weighted by atomic mass is 35.5. The van der Waals surface area contributed by atoms with E-state index in [2.05, 4.69) is 10.6 Å². The Kier molecular flexibility index (Phi) is 7.79. The number of halogens is 1. The van der Waals surface area contributed by atoms with E-state index in [1.54, 1.807) is 24.3 Å². The molecular weight excluding hydrogens is 266 g/mol. The number of nitrogens with one attached hydrogen (secondary N) is 2. The SMILES string of the molecule is CCCC(N)C(=O)Nc1cccc(NC(C)=O)c1.Cl. The summed E-state index contributed by atoms with van der Waals surface area (Å²) in [6, 6.07) is 6.45. The molecule has 1 aromatic carbocycles. The summed E-state index contributed by atoms with van der Waals surface area (Å²) in [5, 5.41) is 5.38. The number of carbonyl (C=O) groups excluding carboxylic acids is 2. The van der Waals surface area contributed by atoms with Crippen LogP contribution in [0.1, 0.15) is 26.7 Å². The lowest BCUT2D eigenvalue weighted by Crippen LogP contribution is -2.35. The van der Waals surface area contributed by atoms with Gasteiger partial charge in [0.25, 0.3) is 0 Å². The highest BCUT2D eigenvalue weighted by Gasteiger charge is 2.12. The molecule has 106 valence electrons. The Bertz CT molecular complexity index is 438. The molecule has 19 heavy (non-hydrogen) atoms. The summed E-state index contributed by atoms with van der Waals surface area (Å²) in [5.74, 6) is -0.363. The minimum absolute atomic E-state index is 0. The lowest BCUT2D eigenvalue weighted by atomic mass is 10.1. The molecule has 5 nitrogen and oxygen atoms in total. The summed E-state index contributed by atoms with van der Waals surface area (Å²) in [5.41, 5.74) is 6.98. The van der Waals surface area contributed by atoms with Crippen LogP contribution in [0.15, 0.2) is 24.3 Å². The van der Waals surface area contributed by atoms with Crippen LogP contribution in [0.3, 0.4) is 0 Å². The molecule has 0 fully saturated rings. The summed E-state index contributed by atoms with van der Waals surface area (Å²) < 4.78 is 0. The number of hydrogen-bond acceptors (Lipinski definition) is 3. The van der Waals surface area contributed by atoms with E-state index in [1.165, 1.54) is 6.92 Å². The van der Waals surface area contributed by atoms with Crippen LogP contribution in [0, 0.1) is 0 Å². The third kappa shape index (κ3) is 6.22. The van der Waals surface area contributed by atoms with Crippen LogP contribution in [0.2, 0.25) is 0 Å². The molecule has 0 radical (unpaired) electrons. The maximum atomic E-state index is 11.7. The number of amides is 2. The van der Waals surface area contributed by atoms with Crippen molar-refractivity contribution in [2.45, 2.75) is 32.7 Å². The topological polar surface area (TPSA) is 84.2 Å². The molecule has 0 aliphatic heterocycles. The zero-order chi connectivity index (χ0) is 13.5. The minimum atomic E-state index is -0.501. The van der Waals surface area contributed by atoms with Gasteiger partial charge >= 0.3 is 0 Å². The molecule has 6 heteroatoms. The van der Waals surface area contributed by atoms with Crippen molar-refractivity contribution in [2.24, 2.45) is 5.73 Å². The largest absolute Gasteiger partial charge is 0.326 e. The van der Waals surface area contributed by atoms with E-state index >= 15 is 0 Å². The maximum Gasteiger partial charge on any atom is 0.241 e. The fourth-order valence-corrected chi connectivity index (χ4v) is 1.56. The fourth-order valence-electron chi connectivity index (χ4n) is 1.56. The second-order valence-electron chi connectivity index (χ2n) is 4.15. The van der Waals surface area contributed by atoms with Gasteiger partial charge in [-0.05, 0) is 24.6 Å². The van der Waals surface area contributed by atoms with Gasteiger partial charge < -0.3 is 16.4 Å². The molecule has 0 aromatic heterocycles.